The van der Waals surface area contributed by atoms with Crippen LogP contribution in [-0.2, 0) is 11.2 Å². The molecule has 0 unspecified atom stereocenters. The minimum absolute atomic E-state index is 0.0717. The van der Waals surface area contributed by atoms with Crippen molar-refractivity contribution in [2.24, 2.45) is 0 Å². The molecule has 3 aromatic rings. The maximum absolute atomic E-state index is 12.7. The number of nitrogens with zero attached hydrogens (tertiary/aromatic N) is 4. The topological polar surface area (TPSA) is 74.8 Å². The van der Waals surface area contributed by atoms with E-state index in [1.165, 1.54) is 11.8 Å². The van der Waals surface area contributed by atoms with Crippen molar-refractivity contribution in [2.75, 3.05) is 6.54 Å². The van der Waals surface area contributed by atoms with Crippen molar-refractivity contribution in [1.82, 2.24) is 25.5 Å². The number of nitrogens with one attached hydrogen (secondary N) is 1. The van der Waals surface area contributed by atoms with Gasteiger partial charge in [0, 0.05) is 17.8 Å². The third-order valence-electron chi connectivity index (χ3n) is 4.19. The van der Waals surface area contributed by atoms with Crippen LogP contribution in [0.4, 0.5) is 0 Å². The molecule has 6 nitrogen and oxygen atoms in total. The van der Waals surface area contributed by atoms with Gasteiger partial charge < -0.3 is 0 Å². The summed E-state index contributed by atoms with van der Waals surface area (Å²) in [7, 11) is 0. The van der Waals surface area contributed by atoms with Gasteiger partial charge in [-0.2, -0.15) is 5.21 Å². The highest BCUT2D eigenvalue weighted by Gasteiger charge is 2.31. The lowest BCUT2D eigenvalue weighted by Crippen LogP contribution is -2.29. The van der Waals surface area contributed by atoms with Gasteiger partial charge in [0.05, 0.1) is 15.0 Å². The second-order valence-corrected chi connectivity index (χ2v) is 9.56. The van der Waals surface area contributed by atoms with E-state index in [0.29, 0.717) is 44.5 Å². The summed E-state index contributed by atoms with van der Waals surface area (Å²) < 4.78 is 0.565. The smallest absolute Gasteiger partial charge is 0.266 e. The van der Waals surface area contributed by atoms with Gasteiger partial charge in [0.15, 0.2) is 5.82 Å². The van der Waals surface area contributed by atoms with Gasteiger partial charge >= 0.3 is 0 Å². The summed E-state index contributed by atoms with van der Waals surface area (Å²) in [4.78, 5) is 16.0. The average molecular weight is 482 g/mol. The normalized spacial score (nSPS) is 15.7. The molecule has 0 radical (unpaired) electrons. The van der Waals surface area contributed by atoms with Gasteiger partial charge in [0.2, 0.25) is 0 Å². The molecule has 4 rings (SSSR count). The van der Waals surface area contributed by atoms with Crippen molar-refractivity contribution in [3.8, 4) is 11.1 Å². The maximum atomic E-state index is 12.7. The van der Waals surface area contributed by atoms with Gasteiger partial charge in [0.1, 0.15) is 4.32 Å². The number of hydrogen-bond acceptors (Lipinski definition) is 7. The molecule has 1 fully saturated rings. The first kappa shape index (κ1) is 20.5. The zero-order chi connectivity index (χ0) is 20.4. The molecule has 0 atom stereocenters. The highest BCUT2D eigenvalue weighted by Crippen LogP contribution is 2.36. The van der Waals surface area contributed by atoms with Crippen LogP contribution in [0.5, 0.6) is 0 Å². The summed E-state index contributed by atoms with van der Waals surface area (Å²) in [6.45, 7) is 0.523. The molecule has 3 heterocycles. The first-order chi connectivity index (χ1) is 14.0. The van der Waals surface area contributed by atoms with Crippen LogP contribution >= 0.6 is 58.5 Å². The molecular formula is C18H13Cl2N5OS3. The molecule has 11 heteroatoms. The van der Waals surface area contributed by atoms with Crippen molar-refractivity contribution in [3.63, 3.8) is 0 Å². The van der Waals surface area contributed by atoms with Crippen LogP contribution in [0.2, 0.25) is 10.0 Å². The standard InChI is InChI=1S/C18H13Cl2N5OS3/c19-13-4-3-10(7-14(13)20)11-6-12(28-9-11)8-15-17(26)25(18(27)29-15)5-1-2-16-21-23-24-22-16/h3-4,6-9H,1-2,5H2,(H,21,22,23,24). The number of carbonyl (C=O) groups is 1. The van der Waals surface area contributed by atoms with Crippen LogP contribution in [0.3, 0.4) is 0 Å². The number of tetrazole rings is 1. The highest BCUT2D eigenvalue weighted by atomic mass is 35.5. The van der Waals surface area contributed by atoms with Gasteiger partial charge in [-0.1, -0.05) is 58.5 Å². The van der Waals surface area contributed by atoms with Crippen LogP contribution in [-0.4, -0.2) is 42.3 Å². The first-order valence-corrected chi connectivity index (χ1v) is 11.4. The number of halogens is 2. The second-order valence-electron chi connectivity index (χ2n) is 6.13. The summed E-state index contributed by atoms with van der Waals surface area (Å²) in [5.41, 5.74) is 2.00. The lowest BCUT2D eigenvalue weighted by molar-refractivity contribution is -0.122. The molecule has 1 amide bonds. The molecule has 1 saturated heterocycles. The van der Waals surface area contributed by atoms with Gasteiger partial charge in [-0.15, -0.1) is 21.5 Å². The summed E-state index contributed by atoms with van der Waals surface area (Å²) in [6, 6.07) is 7.55. The van der Waals surface area contributed by atoms with Crippen molar-refractivity contribution in [1.29, 1.82) is 0 Å². The maximum Gasteiger partial charge on any atom is 0.266 e. The Kier molecular flexibility index (Phi) is 6.31. The number of H-pyrrole nitrogens is 1. The van der Waals surface area contributed by atoms with Crippen LogP contribution < -0.4 is 0 Å². The minimum atomic E-state index is -0.0717. The fraction of sp³-hybridized carbons (Fsp3) is 0.167. The van der Waals surface area contributed by atoms with Crippen molar-refractivity contribution >= 4 is 74.8 Å². The number of rotatable bonds is 6. The zero-order valence-corrected chi connectivity index (χ0v) is 18.7. The van der Waals surface area contributed by atoms with Gasteiger partial charge in [-0.3, -0.25) is 9.69 Å². The zero-order valence-electron chi connectivity index (χ0n) is 14.8. The van der Waals surface area contributed by atoms with Gasteiger partial charge in [-0.25, -0.2) is 0 Å². The molecule has 0 aliphatic carbocycles. The second kappa shape index (κ2) is 8.93. The van der Waals surface area contributed by atoms with Crippen LogP contribution in [0.15, 0.2) is 34.6 Å². The third-order valence-corrected chi connectivity index (χ3v) is 7.19. The molecule has 1 aliphatic rings. The Labute approximate surface area is 190 Å². The van der Waals surface area contributed by atoms with Gasteiger partial charge in [-0.05, 0) is 47.2 Å². The number of thiocarbonyl (C=S) groups is 1. The van der Waals surface area contributed by atoms with E-state index in [2.05, 4.69) is 20.6 Å². The molecule has 148 valence electrons. The fourth-order valence-electron chi connectivity index (χ4n) is 2.76. The Balaban J connectivity index is 1.44. The number of carbonyl (C=O) groups excluding carboxylic acids is 1. The Hall–Kier alpha value is -1.78. The molecule has 1 aromatic carbocycles. The van der Waals surface area contributed by atoms with E-state index in [0.717, 1.165) is 16.0 Å². The summed E-state index contributed by atoms with van der Waals surface area (Å²) in [6.07, 6.45) is 3.22. The number of aromatic nitrogens is 4. The van der Waals surface area contributed by atoms with Crippen LogP contribution in [0, 0.1) is 0 Å². The molecule has 1 aliphatic heterocycles. The Morgan fingerprint density at radius 1 is 1.21 bits per heavy atom. The highest BCUT2D eigenvalue weighted by molar-refractivity contribution is 8.26. The largest absolute Gasteiger partial charge is 0.293 e. The van der Waals surface area contributed by atoms with E-state index in [1.54, 1.807) is 22.3 Å². The average Bonchev–Trinajstić information content (AvgIpc) is 3.43. The van der Waals surface area contributed by atoms with Crippen LogP contribution in [0.1, 0.15) is 17.1 Å². The number of benzene rings is 1. The molecule has 29 heavy (non-hydrogen) atoms. The van der Waals surface area contributed by atoms with E-state index in [-0.39, 0.29) is 5.91 Å². The third kappa shape index (κ3) is 4.70. The van der Waals surface area contributed by atoms with Crippen molar-refractivity contribution in [2.45, 2.75) is 12.8 Å². The number of hydrogen-bond donors (Lipinski definition) is 1. The quantitative estimate of drug-likeness (QED) is 0.391. The number of thioether (sulfide) groups is 1. The first-order valence-electron chi connectivity index (χ1n) is 8.53. The Morgan fingerprint density at radius 2 is 2.07 bits per heavy atom. The van der Waals surface area contributed by atoms with E-state index in [1.807, 2.05) is 29.7 Å². The number of aryl methyl sites for hydroxylation is 1. The van der Waals surface area contributed by atoms with E-state index in [4.69, 9.17) is 35.4 Å². The molecular weight excluding hydrogens is 469 g/mol. The summed E-state index contributed by atoms with van der Waals surface area (Å²) in [5, 5.41) is 16.8. The number of thiophene rings is 1. The van der Waals surface area contributed by atoms with Crippen LogP contribution in [0.25, 0.3) is 17.2 Å². The van der Waals surface area contributed by atoms with E-state index < -0.39 is 0 Å². The summed E-state index contributed by atoms with van der Waals surface area (Å²) in [5.74, 6) is 0.553. The molecule has 0 spiro atoms. The van der Waals surface area contributed by atoms with Gasteiger partial charge in [0.25, 0.3) is 5.91 Å². The molecule has 0 bridgehead atoms. The molecule has 2 aromatic heterocycles. The SMILES string of the molecule is O=C1C(=Cc2cc(-c3ccc(Cl)c(Cl)c3)cs2)SC(=S)N1CCCc1nn[nH]n1. The Bertz CT molecular complexity index is 1100. The predicted molar refractivity (Wildman–Crippen MR) is 122 cm³/mol. The predicted octanol–water partition coefficient (Wildman–Crippen LogP) is 5.07. The molecule has 1 N–H and O–H groups in total. The lowest BCUT2D eigenvalue weighted by atomic mass is 10.1. The Morgan fingerprint density at radius 3 is 2.83 bits per heavy atom. The van der Waals surface area contributed by atoms with E-state index in [9.17, 15) is 4.79 Å². The molecule has 0 saturated carbocycles. The van der Waals surface area contributed by atoms with Crippen molar-refractivity contribution < 1.29 is 4.79 Å². The minimum Gasteiger partial charge on any atom is -0.293 e. The van der Waals surface area contributed by atoms with E-state index >= 15 is 0 Å². The summed E-state index contributed by atoms with van der Waals surface area (Å²) >= 11 is 20.4. The van der Waals surface area contributed by atoms with Crippen molar-refractivity contribution in [3.05, 3.63) is 55.3 Å². The number of aromatic amines is 1. The number of amides is 1. The monoisotopic (exact) mass is 481 g/mol. The lowest BCUT2D eigenvalue weighted by Gasteiger charge is -2.13. The fourth-order valence-corrected chi connectivity index (χ4v) is 5.28.